The molecular weight excluding hydrogens is 178 g/mol. The highest BCUT2D eigenvalue weighted by Gasteiger charge is 2.23. The van der Waals surface area contributed by atoms with Gasteiger partial charge in [-0.05, 0) is 32.6 Å². The molecule has 3 heteroatoms. The zero-order chi connectivity index (χ0) is 10.4. The Labute approximate surface area is 86.4 Å². The fourth-order valence-corrected chi connectivity index (χ4v) is 1.76. The van der Waals surface area contributed by atoms with Crippen molar-refractivity contribution in [1.82, 2.24) is 4.90 Å². The second kappa shape index (κ2) is 5.89. The summed E-state index contributed by atoms with van der Waals surface area (Å²) in [5.74, 6) is 0. The van der Waals surface area contributed by atoms with Gasteiger partial charge in [-0.25, -0.2) is 4.79 Å². The van der Waals surface area contributed by atoms with Crippen LogP contribution in [0.1, 0.15) is 46.0 Å². The maximum absolute atomic E-state index is 11.6. The standard InChI is InChI=1S/C11H21NO2/c1-3-4-9-14-11(13)12-8-6-5-7-10(12)2/h10H,3-9H2,1-2H3/t10-/m0/s1. The van der Waals surface area contributed by atoms with Gasteiger partial charge in [-0.2, -0.15) is 0 Å². The van der Waals surface area contributed by atoms with Gasteiger partial charge in [0.25, 0.3) is 0 Å². The third-order valence-corrected chi connectivity index (χ3v) is 2.76. The normalized spacial score (nSPS) is 22.1. The number of hydrogen-bond donors (Lipinski definition) is 0. The molecule has 3 nitrogen and oxygen atoms in total. The van der Waals surface area contributed by atoms with Crippen LogP contribution in [0.25, 0.3) is 0 Å². The molecule has 1 aliphatic rings. The molecule has 0 aliphatic carbocycles. The monoisotopic (exact) mass is 199 g/mol. The summed E-state index contributed by atoms with van der Waals surface area (Å²) in [5, 5.41) is 0. The quantitative estimate of drug-likeness (QED) is 0.654. The molecule has 82 valence electrons. The van der Waals surface area contributed by atoms with E-state index >= 15 is 0 Å². The van der Waals surface area contributed by atoms with Crippen LogP contribution < -0.4 is 0 Å². The minimum absolute atomic E-state index is 0.120. The fourth-order valence-electron chi connectivity index (χ4n) is 1.76. The van der Waals surface area contributed by atoms with Gasteiger partial charge in [0.2, 0.25) is 0 Å². The second-order valence-corrected chi connectivity index (χ2v) is 4.01. The lowest BCUT2D eigenvalue weighted by Crippen LogP contribution is -2.42. The molecule has 0 spiro atoms. The topological polar surface area (TPSA) is 29.5 Å². The van der Waals surface area contributed by atoms with E-state index in [0.29, 0.717) is 12.6 Å². The van der Waals surface area contributed by atoms with E-state index in [2.05, 4.69) is 13.8 Å². The second-order valence-electron chi connectivity index (χ2n) is 4.01. The molecule has 1 aliphatic heterocycles. The Balaban J connectivity index is 2.27. The summed E-state index contributed by atoms with van der Waals surface area (Å²) < 4.78 is 5.18. The third-order valence-electron chi connectivity index (χ3n) is 2.76. The third kappa shape index (κ3) is 3.20. The van der Waals surface area contributed by atoms with Crippen LogP contribution in [-0.2, 0) is 4.74 Å². The van der Waals surface area contributed by atoms with Crippen molar-refractivity contribution in [1.29, 1.82) is 0 Å². The van der Waals surface area contributed by atoms with Gasteiger partial charge in [-0.1, -0.05) is 13.3 Å². The molecule has 0 N–H and O–H groups in total. The molecule has 0 saturated carbocycles. The number of carbonyl (C=O) groups is 1. The largest absolute Gasteiger partial charge is 0.449 e. The molecule has 0 unspecified atom stereocenters. The highest BCUT2D eigenvalue weighted by atomic mass is 16.6. The number of nitrogens with zero attached hydrogens (tertiary/aromatic N) is 1. The summed E-state index contributed by atoms with van der Waals surface area (Å²) in [6, 6.07) is 0.359. The van der Waals surface area contributed by atoms with Crippen molar-refractivity contribution in [3.05, 3.63) is 0 Å². The van der Waals surface area contributed by atoms with E-state index in [4.69, 9.17) is 4.74 Å². The highest BCUT2D eigenvalue weighted by Crippen LogP contribution is 2.17. The van der Waals surface area contributed by atoms with Crippen LogP contribution in [0.3, 0.4) is 0 Å². The molecule has 1 atom stereocenters. The molecule has 0 aromatic carbocycles. The summed E-state index contributed by atoms with van der Waals surface area (Å²) in [7, 11) is 0. The summed E-state index contributed by atoms with van der Waals surface area (Å²) >= 11 is 0. The Morgan fingerprint density at radius 3 is 2.93 bits per heavy atom. The van der Waals surface area contributed by atoms with E-state index in [9.17, 15) is 4.79 Å². The Bertz CT molecular complexity index is 182. The van der Waals surface area contributed by atoms with E-state index in [1.54, 1.807) is 0 Å². The highest BCUT2D eigenvalue weighted by molar-refractivity contribution is 5.68. The Hall–Kier alpha value is -0.730. The summed E-state index contributed by atoms with van der Waals surface area (Å²) in [6.07, 6.45) is 5.39. The maximum atomic E-state index is 11.6. The number of hydrogen-bond acceptors (Lipinski definition) is 2. The van der Waals surface area contributed by atoms with Gasteiger partial charge in [0, 0.05) is 12.6 Å². The van der Waals surface area contributed by atoms with Crippen molar-refractivity contribution in [3.8, 4) is 0 Å². The zero-order valence-electron chi connectivity index (χ0n) is 9.29. The van der Waals surface area contributed by atoms with Gasteiger partial charge in [0.05, 0.1) is 6.61 Å². The van der Waals surface area contributed by atoms with E-state index in [-0.39, 0.29) is 6.09 Å². The number of piperidine rings is 1. The molecule has 1 saturated heterocycles. The Kier molecular flexibility index (Phi) is 4.77. The van der Waals surface area contributed by atoms with Crippen LogP contribution in [0.15, 0.2) is 0 Å². The van der Waals surface area contributed by atoms with Crippen LogP contribution in [0.5, 0.6) is 0 Å². The molecule has 0 aromatic heterocycles. The maximum Gasteiger partial charge on any atom is 0.409 e. The molecule has 0 bridgehead atoms. The summed E-state index contributed by atoms with van der Waals surface area (Å²) in [6.45, 7) is 5.63. The van der Waals surface area contributed by atoms with E-state index < -0.39 is 0 Å². The first-order valence-corrected chi connectivity index (χ1v) is 5.69. The van der Waals surface area contributed by atoms with Crippen molar-refractivity contribution in [2.45, 2.75) is 52.0 Å². The molecule has 1 fully saturated rings. The molecule has 14 heavy (non-hydrogen) atoms. The lowest BCUT2D eigenvalue weighted by molar-refractivity contribution is 0.0764. The average molecular weight is 199 g/mol. The predicted molar refractivity (Wildman–Crippen MR) is 56.3 cm³/mol. The Morgan fingerprint density at radius 2 is 2.29 bits per heavy atom. The molecule has 1 rings (SSSR count). The molecular formula is C11H21NO2. The van der Waals surface area contributed by atoms with Crippen LogP contribution in [0.2, 0.25) is 0 Å². The zero-order valence-corrected chi connectivity index (χ0v) is 9.29. The minimum Gasteiger partial charge on any atom is -0.449 e. The number of rotatable bonds is 3. The van der Waals surface area contributed by atoms with Crippen LogP contribution in [0.4, 0.5) is 4.79 Å². The van der Waals surface area contributed by atoms with E-state index in [1.807, 2.05) is 4.90 Å². The number of carbonyl (C=O) groups excluding carboxylic acids is 1. The van der Waals surface area contributed by atoms with Crippen LogP contribution in [-0.4, -0.2) is 30.2 Å². The van der Waals surface area contributed by atoms with Crippen molar-refractivity contribution in [3.63, 3.8) is 0 Å². The summed E-state index contributed by atoms with van der Waals surface area (Å²) in [4.78, 5) is 13.4. The lowest BCUT2D eigenvalue weighted by Gasteiger charge is -2.32. The van der Waals surface area contributed by atoms with Gasteiger partial charge < -0.3 is 9.64 Å². The predicted octanol–water partition coefficient (Wildman–Crippen LogP) is 2.80. The van der Waals surface area contributed by atoms with E-state index in [1.165, 1.54) is 6.42 Å². The van der Waals surface area contributed by atoms with Crippen molar-refractivity contribution in [2.75, 3.05) is 13.2 Å². The molecule has 1 heterocycles. The smallest absolute Gasteiger partial charge is 0.409 e. The first-order valence-electron chi connectivity index (χ1n) is 5.69. The van der Waals surface area contributed by atoms with Crippen molar-refractivity contribution >= 4 is 6.09 Å². The van der Waals surface area contributed by atoms with Crippen molar-refractivity contribution < 1.29 is 9.53 Å². The molecule has 1 amide bonds. The number of amides is 1. The molecule has 0 aromatic rings. The van der Waals surface area contributed by atoms with Crippen LogP contribution >= 0.6 is 0 Å². The van der Waals surface area contributed by atoms with Gasteiger partial charge >= 0.3 is 6.09 Å². The van der Waals surface area contributed by atoms with Gasteiger partial charge in [0.15, 0.2) is 0 Å². The van der Waals surface area contributed by atoms with Crippen LogP contribution in [0, 0.1) is 0 Å². The number of unbranched alkanes of at least 4 members (excludes halogenated alkanes) is 1. The van der Waals surface area contributed by atoms with Gasteiger partial charge in [-0.3, -0.25) is 0 Å². The number of likely N-dealkylation sites (tertiary alicyclic amines) is 1. The fraction of sp³-hybridized carbons (Fsp3) is 0.909. The van der Waals surface area contributed by atoms with E-state index in [0.717, 1.165) is 32.2 Å². The Morgan fingerprint density at radius 1 is 1.50 bits per heavy atom. The van der Waals surface area contributed by atoms with Gasteiger partial charge in [-0.15, -0.1) is 0 Å². The molecule has 0 radical (unpaired) electrons. The lowest BCUT2D eigenvalue weighted by atomic mass is 10.0. The first kappa shape index (κ1) is 11.3. The average Bonchev–Trinajstić information content (AvgIpc) is 2.18. The van der Waals surface area contributed by atoms with Crippen molar-refractivity contribution in [2.24, 2.45) is 0 Å². The number of ether oxygens (including phenoxy) is 1. The SMILES string of the molecule is CCCCOC(=O)N1CCCC[C@@H]1C. The minimum atomic E-state index is -0.120. The van der Waals surface area contributed by atoms with Gasteiger partial charge in [0.1, 0.15) is 0 Å². The first-order chi connectivity index (χ1) is 6.75. The summed E-state index contributed by atoms with van der Waals surface area (Å²) in [5.41, 5.74) is 0.